The fourth-order valence-electron chi connectivity index (χ4n) is 1.60. The molecule has 1 aromatic carbocycles. The highest BCUT2D eigenvalue weighted by Crippen LogP contribution is 2.19. The number of hydrogen-bond donors (Lipinski definition) is 2. The molecule has 100 valence electrons. The number of rotatable bonds is 6. The number of aliphatic hydroxyl groups excluding tert-OH is 1. The lowest BCUT2D eigenvalue weighted by Gasteiger charge is -2.25. The van der Waals surface area contributed by atoms with Crippen molar-refractivity contribution in [1.29, 1.82) is 0 Å². The van der Waals surface area contributed by atoms with Crippen molar-refractivity contribution in [3.63, 3.8) is 0 Å². The fourth-order valence-corrected chi connectivity index (χ4v) is 1.60. The third-order valence-corrected chi connectivity index (χ3v) is 3.38. The molecule has 1 amide bonds. The molecular formula is C15H23NO2. The van der Waals surface area contributed by atoms with E-state index >= 15 is 0 Å². The number of hydrogen-bond acceptors (Lipinski definition) is 2. The standard InChI is InChI=1S/C15H23NO2/c1-4-15(2,3)14(18)16-13(11-17)10-12-8-6-5-7-9-12/h5-9,13,17H,4,10-11H2,1-3H3,(H,16,18)/t13-/m1/s1. The summed E-state index contributed by atoms with van der Waals surface area (Å²) in [6, 6.07) is 9.66. The van der Waals surface area contributed by atoms with Crippen LogP contribution in [0.5, 0.6) is 0 Å². The molecular weight excluding hydrogens is 226 g/mol. The van der Waals surface area contributed by atoms with Crippen molar-refractivity contribution in [1.82, 2.24) is 5.32 Å². The lowest BCUT2D eigenvalue weighted by atomic mass is 9.88. The minimum atomic E-state index is -0.385. The van der Waals surface area contributed by atoms with E-state index in [1.54, 1.807) is 0 Å². The maximum atomic E-state index is 12.0. The van der Waals surface area contributed by atoms with Crippen LogP contribution in [0.4, 0.5) is 0 Å². The summed E-state index contributed by atoms with van der Waals surface area (Å²) in [6.45, 7) is 5.78. The SMILES string of the molecule is CCC(C)(C)C(=O)N[C@@H](CO)Cc1ccccc1. The van der Waals surface area contributed by atoms with Gasteiger partial charge < -0.3 is 10.4 Å². The van der Waals surface area contributed by atoms with Gasteiger partial charge in [-0.25, -0.2) is 0 Å². The first-order valence-corrected chi connectivity index (χ1v) is 6.45. The smallest absolute Gasteiger partial charge is 0.225 e. The summed E-state index contributed by atoms with van der Waals surface area (Å²) >= 11 is 0. The molecule has 0 saturated carbocycles. The van der Waals surface area contributed by atoms with E-state index in [1.165, 1.54) is 0 Å². The van der Waals surface area contributed by atoms with Crippen molar-refractivity contribution in [2.45, 2.75) is 39.7 Å². The molecule has 0 bridgehead atoms. The summed E-state index contributed by atoms with van der Waals surface area (Å²) < 4.78 is 0. The van der Waals surface area contributed by atoms with Gasteiger partial charge in [-0.2, -0.15) is 0 Å². The Morgan fingerprint density at radius 3 is 2.44 bits per heavy atom. The highest BCUT2D eigenvalue weighted by molar-refractivity contribution is 5.82. The molecule has 0 unspecified atom stereocenters. The van der Waals surface area contributed by atoms with Gasteiger partial charge in [0.1, 0.15) is 0 Å². The Hall–Kier alpha value is -1.35. The molecule has 0 aliphatic carbocycles. The van der Waals surface area contributed by atoms with Crippen LogP contribution in [0, 0.1) is 5.41 Å². The van der Waals surface area contributed by atoms with E-state index in [2.05, 4.69) is 5.32 Å². The highest BCUT2D eigenvalue weighted by atomic mass is 16.3. The van der Waals surface area contributed by atoms with E-state index in [0.717, 1.165) is 12.0 Å². The molecule has 0 aliphatic rings. The van der Waals surface area contributed by atoms with Crippen LogP contribution in [-0.4, -0.2) is 23.7 Å². The average molecular weight is 249 g/mol. The summed E-state index contributed by atoms with van der Waals surface area (Å²) in [5, 5.41) is 12.3. The molecule has 1 atom stereocenters. The zero-order valence-corrected chi connectivity index (χ0v) is 11.4. The Balaban J connectivity index is 2.60. The van der Waals surface area contributed by atoms with Gasteiger partial charge in [-0.05, 0) is 18.4 Å². The molecule has 0 radical (unpaired) electrons. The van der Waals surface area contributed by atoms with Crippen LogP contribution in [0.15, 0.2) is 30.3 Å². The maximum Gasteiger partial charge on any atom is 0.225 e. The minimum Gasteiger partial charge on any atom is -0.394 e. The number of carbonyl (C=O) groups is 1. The average Bonchev–Trinajstić information content (AvgIpc) is 2.38. The van der Waals surface area contributed by atoms with Crippen molar-refractivity contribution in [3.05, 3.63) is 35.9 Å². The van der Waals surface area contributed by atoms with Gasteiger partial charge in [-0.3, -0.25) is 4.79 Å². The predicted molar refractivity (Wildman–Crippen MR) is 73.2 cm³/mol. The number of aliphatic hydroxyl groups is 1. The Bertz CT molecular complexity index is 373. The zero-order valence-electron chi connectivity index (χ0n) is 11.4. The Labute approximate surface area is 109 Å². The molecule has 1 aromatic rings. The molecule has 2 N–H and O–H groups in total. The van der Waals surface area contributed by atoms with Crippen molar-refractivity contribution in [2.24, 2.45) is 5.41 Å². The number of benzene rings is 1. The summed E-state index contributed by atoms with van der Waals surface area (Å²) in [6.07, 6.45) is 1.44. The van der Waals surface area contributed by atoms with E-state index in [-0.39, 0.29) is 24.0 Å². The van der Waals surface area contributed by atoms with E-state index in [4.69, 9.17) is 0 Å². The predicted octanol–water partition coefficient (Wildman–Crippen LogP) is 2.14. The monoisotopic (exact) mass is 249 g/mol. The minimum absolute atomic E-state index is 0.0000175. The molecule has 0 heterocycles. The Kier molecular flexibility index (Phi) is 5.35. The van der Waals surface area contributed by atoms with Crippen molar-refractivity contribution < 1.29 is 9.90 Å². The molecule has 3 nitrogen and oxygen atoms in total. The molecule has 3 heteroatoms. The Morgan fingerprint density at radius 2 is 1.94 bits per heavy atom. The topological polar surface area (TPSA) is 49.3 Å². The molecule has 0 saturated heterocycles. The second kappa shape index (κ2) is 6.55. The van der Waals surface area contributed by atoms with Gasteiger partial charge in [0, 0.05) is 5.41 Å². The number of amides is 1. The normalized spacial score (nSPS) is 13.1. The molecule has 18 heavy (non-hydrogen) atoms. The second-order valence-corrected chi connectivity index (χ2v) is 5.28. The van der Waals surface area contributed by atoms with E-state index in [0.29, 0.717) is 6.42 Å². The van der Waals surface area contributed by atoms with Crippen LogP contribution >= 0.6 is 0 Å². The lowest BCUT2D eigenvalue weighted by Crippen LogP contribution is -2.45. The van der Waals surface area contributed by atoms with Gasteiger partial charge in [0.2, 0.25) is 5.91 Å². The second-order valence-electron chi connectivity index (χ2n) is 5.28. The van der Waals surface area contributed by atoms with Crippen LogP contribution in [0.25, 0.3) is 0 Å². The molecule has 0 aromatic heterocycles. The fraction of sp³-hybridized carbons (Fsp3) is 0.533. The van der Waals surface area contributed by atoms with Gasteiger partial charge in [0.05, 0.1) is 12.6 Å². The van der Waals surface area contributed by atoms with Gasteiger partial charge in [-0.1, -0.05) is 51.1 Å². The van der Waals surface area contributed by atoms with Gasteiger partial charge in [-0.15, -0.1) is 0 Å². The zero-order chi connectivity index (χ0) is 13.6. The summed E-state index contributed by atoms with van der Waals surface area (Å²) in [5.74, 6) is -0.0000175. The molecule has 1 rings (SSSR count). The first-order valence-electron chi connectivity index (χ1n) is 6.45. The first kappa shape index (κ1) is 14.7. The Morgan fingerprint density at radius 1 is 1.33 bits per heavy atom. The molecule has 0 spiro atoms. The lowest BCUT2D eigenvalue weighted by molar-refractivity contribution is -0.130. The van der Waals surface area contributed by atoms with E-state index in [1.807, 2.05) is 51.1 Å². The summed E-state index contributed by atoms with van der Waals surface area (Å²) in [4.78, 5) is 12.0. The molecule has 0 fully saturated rings. The first-order chi connectivity index (χ1) is 8.49. The third-order valence-electron chi connectivity index (χ3n) is 3.38. The van der Waals surface area contributed by atoms with Crippen molar-refractivity contribution in [2.75, 3.05) is 6.61 Å². The quantitative estimate of drug-likeness (QED) is 0.811. The molecule has 0 aliphatic heterocycles. The van der Waals surface area contributed by atoms with Crippen LogP contribution in [-0.2, 0) is 11.2 Å². The van der Waals surface area contributed by atoms with Crippen LogP contribution in [0.2, 0.25) is 0 Å². The van der Waals surface area contributed by atoms with Crippen LogP contribution in [0.1, 0.15) is 32.8 Å². The summed E-state index contributed by atoms with van der Waals surface area (Å²) in [5.41, 5.74) is 0.732. The van der Waals surface area contributed by atoms with E-state index < -0.39 is 0 Å². The van der Waals surface area contributed by atoms with Crippen molar-refractivity contribution >= 4 is 5.91 Å². The van der Waals surface area contributed by atoms with Crippen molar-refractivity contribution in [3.8, 4) is 0 Å². The maximum absolute atomic E-state index is 12.0. The van der Waals surface area contributed by atoms with Crippen LogP contribution < -0.4 is 5.32 Å². The number of nitrogens with one attached hydrogen (secondary N) is 1. The van der Waals surface area contributed by atoms with E-state index in [9.17, 15) is 9.90 Å². The van der Waals surface area contributed by atoms with Gasteiger partial charge >= 0.3 is 0 Å². The van der Waals surface area contributed by atoms with Gasteiger partial charge in [0.15, 0.2) is 0 Å². The van der Waals surface area contributed by atoms with Crippen LogP contribution in [0.3, 0.4) is 0 Å². The largest absolute Gasteiger partial charge is 0.394 e. The number of carbonyl (C=O) groups excluding carboxylic acids is 1. The third kappa shape index (κ3) is 4.15. The van der Waals surface area contributed by atoms with Gasteiger partial charge in [0.25, 0.3) is 0 Å². The highest BCUT2D eigenvalue weighted by Gasteiger charge is 2.27. The summed E-state index contributed by atoms with van der Waals surface area (Å²) in [7, 11) is 0.